The van der Waals surface area contributed by atoms with Gasteiger partial charge in [0.15, 0.2) is 0 Å². The van der Waals surface area contributed by atoms with Gasteiger partial charge in [0.2, 0.25) is 11.8 Å². The third kappa shape index (κ3) is 5.16. The van der Waals surface area contributed by atoms with Crippen molar-refractivity contribution >= 4 is 22.5 Å². The highest BCUT2D eigenvalue weighted by Gasteiger charge is 2.33. The van der Waals surface area contributed by atoms with Crippen molar-refractivity contribution in [1.82, 2.24) is 9.99 Å². The average molecular weight is 487 g/mol. The van der Waals surface area contributed by atoms with Gasteiger partial charge in [0.25, 0.3) is 0 Å². The lowest BCUT2D eigenvalue weighted by atomic mass is 10.1. The van der Waals surface area contributed by atoms with Crippen molar-refractivity contribution in [1.29, 1.82) is 0 Å². The molecular weight excluding hydrogens is 468 g/mol. The van der Waals surface area contributed by atoms with Crippen LogP contribution in [0, 0.1) is 0 Å². The highest BCUT2D eigenvalue weighted by molar-refractivity contribution is 6.13. The molecule has 0 spiro atoms. The number of hydrazone groups is 1. The number of aromatic hydroxyl groups is 1. The van der Waals surface area contributed by atoms with Gasteiger partial charge in [0.1, 0.15) is 0 Å². The van der Waals surface area contributed by atoms with E-state index in [1.54, 1.807) is 0 Å². The summed E-state index contributed by atoms with van der Waals surface area (Å²) < 4.78 is 80.5. The summed E-state index contributed by atoms with van der Waals surface area (Å²) in [5, 5.41) is 23.6. The van der Waals surface area contributed by atoms with Gasteiger partial charge in [-0.1, -0.05) is 12.1 Å². The van der Waals surface area contributed by atoms with E-state index in [1.807, 2.05) is 0 Å². The number of carbonyl (C=O) groups is 1. The molecule has 182 valence electrons. The molecule has 0 aliphatic rings. The van der Waals surface area contributed by atoms with Gasteiger partial charge in [0, 0.05) is 24.1 Å². The Morgan fingerprint density at radius 1 is 1.03 bits per heavy atom. The predicted molar refractivity (Wildman–Crippen MR) is 112 cm³/mol. The first kappa shape index (κ1) is 25.1. The van der Waals surface area contributed by atoms with Gasteiger partial charge in [-0.2, -0.15) is 31.4 Å². The van der Waals surface area contributed by atoms with E-state index in [2.05, 4.69) is 10.5 Å². The van der Waals surface area contributed by atoms with Crippen LogP contribution in [0.4, 0.5) is 26.3 Å². The lowest BCUT2D eigenvalue weighted by Crippen LogP contribution is -2.19. The number of fused-ring (bicyclic) bond motifs is 1. The van der Waals surface area contributed by atoms with Gasteiger partial charge in [-0.3, -0.25) is 9.36 Å². The van der Waals surface area contributed by atoms with Crippen molar-refractivity contribution in [2.75, 3.05) is 6.61 Å². The number of carbonyl (C=O) groups excluding carboxylic acids is 1. The molecule has 0 saturated carbocycles. The number of hydrogen-bond acceptors (Lipinski definition) is 4. The molecule has 3 N–H and O–H groups in total. The van der Waals surface area contributed by atoms with E-state index in [1.165, 1.54) is 13.0 Å². The zero-order chi connectivity index (χ0) is 25.3. The molecule has 2 aromatic carbocycles. The molecule has 1 amide bonds. The van der Waals surface area contributed by atoms with Crippen LogP contribution in [-0.2, 0) is 17.1 Å². The number of aliphatic hydroxyl groups is 1. The van der Waals surface area contributed by atoms with Crippen LogP contribution in [0.25, 0.3) is 16.6 Å². The van der Waals surface area contributed by atoms with E-state index in [0.717, 1.165) is 28.8 Å². The highest BCUT2D eigenvalue weighted by Crippen LogP contribution is 2.39. The summed E-state index contributed by atoms with van der Waals surface area (Å²) in [6.07, 6.45) is -9.32. The molecule has 34 heavy (non-hydrogen) atoms. The Morgan fingerprint density at radius 3 is 2.29 bits per heavy atom. The lowest BCUT2D eigenvalue weighted by Gasteiger charge is -2.12. The predicted octanol–water partition coefficient (Wildman–Crippen LogP) is 4.99. The molecule has 0 aliphatic heterocycles. The fraction of sp³-hybridized carbons (Fsp3) is 0.273. The molecule has 0 bridgehead atoms. The van der Waals surface area contributed by atoms with Crippen molar-refractivity contribution < 1.29 is 41.4 Å². The van der Waals surface area contributed by atoms with Crippen LogP contribution in [0.15, 0.2) is 47.6 Å². The highest BCUT2D eigenvalue weighted by atomic mass is 19.4. The van der Waals surface area contributed by atoms with Crippen LogP contribution in [0.3, 0.4) is 0 Å². The Bertz CT molecular complexity index is 1250. The number of aliphatic hydroxyl groups excluding tert-OH is 1. The van der Waals surface area contributed by atoms with Crippen molar-refractivity contribution in [3.8, 4) is 11.6 Å². The summed E-state index contributed by atoms with van der Waals surface area (Å²) in [5.41, 5.74) is -0.396. The Morgan fingerprint density at radius 2 is 1.68 bits per heavy atom. The molecule has 12 heteroatoms. The second-order valence-corrected chi connectivity index (χ2v) is 7.37. The Labute approximate surface area is 189 Å². The number of nitrogens with zero attached hydrogens (tertiary/aromatic N) is 2. The zero-order valence-electron chi connectivity index (χ0n) is 17.6. The van der Waals surface area contributed by atoms with Gasteiger partial charge in [-0.15, -0.1) is 0 Å². The maximum Gasteiger partial charge on any atom is 0.416 e. The number of benzene rings is 2. The van der Waals surface area contributed by atoms with Crippen LogP contribution < -0.4 is 5.43 Å². The number of rotatable bonds is 6. The zero-order valence-corrected chi connectivity index (χ0v) is 17.6. The summed E-state index contributed by atoms with van der Waals surface area (Å²) >= 11 is 0. The van der Waals surface area contributed by atoms with E-state index in [-0.39, 0.29) is 47.3 Å². The maximum absolute atomic E-state index is 13.3. The monoisotopic (exact) mass is 487 g/mol. The smallest absolute Gasteiger partial charge is 0.416 e. The van der Waals surface area contributed by atoms with Crippen LogP contribution in [0.5, 0.6) is 5.88 Å². The lowest BCUT2D eigenvalue weighted by molar-refractivity contribution is -0.138. The van der Waals surface area contributed by atoms with Gasteiger partial charge in [0.05, 0.1) is 27.9 Å². The van der Waals surface area contributed by atoms with Crippen molar-refractivity contribution in [3.05, 3.63) is 59.2 Å². The first-order valence-corrected chi connectivity index (χ1v) is 9.91. The topological polar surface area (TPSA) is 86.8 Å². The minimum Gasteiger partial charge on any atom is -0.494 e. The van der Waals surface area contributed by atoms with E-state index < -0.39 is 35.3 Å². The molecular formula is C22H19F6N3O3. The Hall–Kier alpha value is -3.54. The average Bonchev–Trinajstić information content (AvgIpc) is 3.06. The second kappa shape index (κ2) is 9.37. The van der Waals surface area contributed by atoms with Crippen molar-refractivity contribution in [2.45, 2.75) is 32.1 Å². The first-order valence-electron chi connectivity index (χ1n) is 9.91. The van der Waals surface area contributed by atoms with Crippen LogP contribution >= 0.6 is 0 Å². The fourth-order valence-corrected chi connectivity index (χ4v) is 3.39. The largest absolute Gasteiger partial charge is 0.494 e. The van der Waals surface area contributed by atoms with Crippen LogP contribution in [-0.4, -0.2) is 33.0 Å². The summed E-state index contributed by atoms with van der Waals surface area (Å²) in [7, 11) is 0. The SMILES string of the molecule is CC(=NNC(=O)CCCO)c1c(O)n(-c2cccc(C(F)(F)F)c2)c2cc(C(F)(F)F)ccc12. The van der Waals surface area contributed by atoms with Gasteiger partial charge in [-0.05, 0) is 43.7 Å². The van der Waals surface area contributed by atoms with Gasteiger partial charge >= 0.3 is 12.4 Å². The number of hydrogen-bond donors (Lipinski definition) is 3. The molecule has 0 fully saturated rings. The van der Waals surface area contributed by atoms with Crippen LogP contribution in [0.1, 0.15) is 36.5 Å². The van der Waals surface area contributed by atoms with E-state index in [4.69, 9.17) is 5.11 Å². The normalized spacial score (nSPS) is 12.9. The molecule has 0 saturated heterocycles. The summed E-state index contributed by atoms with van der Waals surface area (Å²) in [5.74, 6) is -1.20. The fourth-order valence-electron chi connectivity index (χ4n) is 3.39. The van der Waals surface area contributed by atoms with E-state index in [0.29, 0.717) is 12.1 Å². The molecule has 0 unspecified atom stereocenters. The van der Waals surface area contributed by atoms with Crippen molar-refractivity contribution in [3.63, 3.8) is 0 Å². The van der Waals surface area contributed by atoms with Gasteiger partial charge in [-0.25, -0.2) is 5.43 Å². The molecule has 1 aromatic heterocycles. The summed E-state index contributed by atoms with van der Waals surface area (Å²) in [4.78, 5) is 11.8. The second-order valence-electron chi connectivity index (χ2n) is 7.37. The number of aromatic nitrogens is 1. The van der Waals surface area contributed by atoms with E-state index >= 15 is 0 Å². The Kier molecular flexibility index (Phi) is 6.92. The molecule has 0 aliphatic carbocycles. The molecule has 0 radical (unpaired) electrons. The number of alkyl halides is 6. The van der Waals surface area contributed by atoms with E-state index in [9.17, 15) is 36.2 Å². The summed E-state index contributed by atoms with van der Waals surface area (Å²) in [6, 6.07) is 6.33. The first-order chi connectivity index (χ1) is 15.8. The number of halogens is 6. The minimum atomic E-state index is -4.74. The number of nitrogens with one attached hydrogen (secondary N) is 1. The third-order valence-electron chi connectivity index (χ3n) is 4.97. The van der Waals surface area contributed by atoms with Crippen molar-refractivity contribution in [2.24, 2.45) is 5.10 Å². The standard InChI is InChI=1S/C22H19F6N3O3/c1-12(29-30-18(33)6-3-9-32)19-16-8-7-14(22(26,27)28)11-17(16)31(20(19)34)15-5-2-4-13(10-15)21(23,24)25/h2,4-5,7-8,10-11,32,34H,3,6,9H2,1H3,(H,30,33). The third-order valence-corrected chi connectivity index (χ3v) is 4.97. The molecule has 6 nitrogen and oxygen atoms in total. The maximum atomic E-state index is 13.3. The molecule has 3 rings (SSSR count). The molecule has 0 atom stereocenters. The number of amides is 1. The quantitative estimate of drug-likeness (QED) is 0.260. The van der Waals surface area contributed by atoms with Crippen LogP contribution in [0.2, 0.25) is 0 Å². The Balaban J connectivity index is 2.22. The minimum absolute atomic E-state index is 0.00494. The van der Waals surface area contributed by atoms with Gasteiger partial charge < -0.3 is 10.2 Å². The molecule has 3 aromatic rings. The summed E-state index contributed by atoms with van der Waals surface area (Å²) in [6.45, 7) is 1.15. The molecule has 1 heterocycles.